The van der Waals surface area contributed by atoms with Crippen molar-refractivity contribution in [3.63, 3.8) is 0 Å². The van der Waals surface area contributed by atoms with Gasteiger partial charge in [0, 0.05) is 50.4 Å². The first kappa shape index (κ1) is 23.7. The van der Waals surface area contributed by atoms with Crippen molar-refractivity contribution in [2.75, 3.05) is 26.8 Å². The minimum absolute atomic E-state index is 0.0772. The second kappa shape index (κ2) is 11.1. The third-order valence-corrected chi connectivity index (χ3v) is 6.07. The second-order valence-electron chi connectivity index (χ2n) is 8.52. The van der Waals surface area contributed by atoms with Crippen LogP contribution in [0.2, 0.25) is 0 Å². The Morgan fingerprint density at radius 1 is 1.38 bits per heavy atom. The average Bonchev–Trinajstić information content (AvgIpc) is 3.07. The summed E-state index contributed by atoms with van der Waals surface area (Å²) in [5.74, 6) is -0.301. The number of rotatable bonds is 8. The molecule has 1 saturated heterocycles. The Morgan fingerprint density at radius 2 is 2.12 bits per heavy atom. The smallest absolute Gasteiger partial charge is 0.262 e. The van der Waals surface area contributed by atoms with Gasteiger partial charge < -0.3 is 14.6 Å². The maximum absolute atomic E-state index is 12.8. The van der Waals surface area contributed by atoms with E-state index in [0.29, 0.717) is 6.61 Å². The number of nitrogens with zero attached hydrogens (tertiary/aromatic N) is 4. The van der Waals surface area contributed by atoms with E-state index in [1.165, 1.54) is 0 Å². The van der Waals surface area contributed by atoms with Gasteiger partial charge in [-0.1, -0.05) is 6.07 Å². The normalized spacial score (nSPS) is 16.5. The summed E-state index contributed by atoms with van der Waals surface area (Å²) in [5, 5.41) is 12.7. The summed E-state index contributed by atoms with van der Waals surface area (Å²) in [6.07, 6.45) is 5.23. The van der Waals surface area contributed by atoms with Crippen molar-refractivity contribution in [2.24, 2.45) is 0 Å². The van der Waals surface area contributed by atoms with E-state index in [4.69, 9.17) is 4.74 Å². The minimum Gasteiger partial charge on any atom is -0.383 e. The number of nitriles is 1. The lowest BCUT2D eigenvalue weighted by molar-refractivity contribution is -0.118. The first-order valence-electron chi connectivity index (χ1n) is 11.1. The van der Waals surface area contributed by atoms with E-state index in [1.807, 2.05) is 44.3 Å². The summed E-state index contributed by atoms with van der Waals surface area (Å²) in [5.41, 5.74) is 4.19. The molecule has 3 rings (SSSR count). The summed E-state index contributed by atoms with van der Waals surface area (Å²) in [7, 11) is 1.69. The molecule has 0 saturated carbocycles. The largest absolute Gasteiger partial charge is 0.383 e. The van der Waals surface area contributed by atoms with Crippen molar-refractivity contribution in [3.05, 3.63) is 58.7 Å². The predicted octanol–water partition coefficient (Wildman–Crippen LogP) is 3.40. The van der Waals surface area contributed by atoms with Gasteiger partial charge in [0.15, 0.2) is 0 Å². The van der Waals surface area contributed by atoms with E-state index < -0.39 is 0 Å². The first-order chi connectivity index (χ1) is 15.4. The molecule has 170 valence electrons. The Morgan fingerprint density at radius 3 is 2.75 bits per heavy atom. The number of hydrogen-bond donors (Lipinski definition) is 1. The number of amides is 1. The van der Waals surface area contributed by atoms with Crippen LogP contribution in [0.15, 0.2) is 36.0 Å². The molecule has 1 amide bonds. The zero-order valence-electron chi connectivity index (χ0n) is 19.5. The number of carbonyl (C=O) groups excluding carboxylic acids is 1. The Balaban J connectivity index is 1.60. The van der Waals surface area contributed by atoms with E-state index in [9.17, 15) is 10.1 Å². The number of carbonyl (C=O) groups is 1. The van der Waals surface area contributed by atoms with Crippen molar-refractivity contribution in [2.45, 2.75) is 52.2 Å². The number of hydrogen-bond acceptors (Lipinski definition) is 5. The average molecular weight is 436 g/mol. The molecule has 1 unspecified atom stereocenters. The van der Waals surface area contributed by atoms with Crippen LogP contribution in [0.4, 0.5) is 0 Å². The first-order valence-corrected chi connectivity index (χ1v) is 11.1. The van der Waals surface area contributed by atoms with E-state index in [2.05, 4.69) is 32.8 Å². The summed E-state index contributed by atoms with van der Waals surface area (Å²) in [6, 6.07) is 10.3. The fraction of sp³-hybridized carbons (Fsp3) is 0.480. The SMILES string of the molecule is COCC(C)n1c(C)cc(/C=C(/C#N)C(=O)NC2CCN(Cc3ccccn3)CC2)c1C. The Hall–Kier alpha value is -2.95. The Bertz CT molecular complexity index is 982. The molecule has 7 heteroatoms. The Labute approximate surface area is 190 Å². The molecule has 0 bridgehead atoms. The van der Waals surface area contributed by atoms with Crippen LogP contribution in [0.5, 0.6) is 0 Å². The molecule has 1 aliphatic heterocycles. The van der Waals surface area contributed by atoms with E-state index >= 15 is 0 Å². The van der Waals surface area contributed by atoms with Gasteiger partial charge in [-0.25, -0.2) is 0 Å². The highest BCUT2D eigenvalue weighted by Gasteiger charge is 2.23. The summed E-state index contributed by atoms with van der Waals surface area (Å²) < 4.78 is 7.46. The molecular formula is C25H33N5O2. The van der Waals surface area contributed by atoms with Crippen molar-refractivity contribution >= 4 is 12.0 Å². The minimum atomic E-state index is -0.301. The number of ether oxygens (including phenoxy) is 1. The van der Waals surface area contributed by atoms with Crippen LogP contribution in [0.3, 0.4) is 0 Å². The number of nitrogens with one attached hydrogen (secondary N) is 1. The number of methoxy groups -OCH3 is 1. The fourth-order valence-corrected chi connectivity index (χ4v) is 4.47. The maximum atomic E-state index is 12.8. The summed E-state index contributed by atoms with van der Waals surface area (Å²) >= 11 is 0. The zero-order chi connectivity index (χ0) is 23.1. The predicted molar refractivity (Wildman–Crippen MR) is 125 cm³/mol. The molecule has 1 N–H and O–H groups in total. The van der Waals surface area contributed by atoms with Gasteiger partial charge in [-0.3, -0.25) is 14.7 Å². The molecule has 1 fully saturated rings. The monoisotopic (exact) mass is 435 g/mol. The van der Waals surface area contributed by atoms with E-state index in [1.54, 1.807) is 13.2 Å². The quantitative estimate of drug-likeness (QED) is 0.508. The maximum Gasteiger partial charge on any atom is 0.262 e. The van der Waals surface area contributed by atoms with Crippen molar-refractivity contribution in [1.29, 1.82) is 5.26 Å². The summed E-state index contributed by atoms with van der Waals surface area (Å²) in [4.78, 5) is 19.5. The van der Waals surface area contributed by atoms with Gasteiger partial charge in [-0.05, 0) is 63.5 Å². The third-order valence-electron chi connectivity index (χ3n) is 6.07. The van der Waals surface area contributed by atoms with Crippen molar-refractivity contribution in [1.82, 2.24) is 19.8 Å². The topological polar surface area (TPSA) is 83.2 Å². The van der Waals surface area contributed by atoms with E-state index in [-0.39, 0.29) is 23.6 Å². The molecule has 3 heterocycles. The number of piperidine rings is 1. The molecule has 32 heavy (non-hydrogen) atoms. The van der Waals surface area contributed by atoms with Crippen LogP contribution in [-0.4, -0.2) is 53.2 Å². The standard InChI is InChI=1S/C25H33N5O2/c1-18-13-21(20(3)30(18)19(2)17-32-4)14-22(15-26)25(31)28-23-8-11-29(12-9-23)16-24-7-5-6-10-27-24/h5-7,10,13-14,19,23H,8-9,11-12,16-17H2,1-4H3,(H,28,31)/b22-14-. The van der Waals surface area contributed by atoms with Crippen LogP contribution < -0.4 is 5.32 Å². The van der Waals surface area contributed by atoms with Crippen LogP contribution >= 0.6 is 0 Å². The molecule has 2 aromatic heterocycles. The molecule has 0 aromatic carbocycles. The molecule has 2 aromatic rings. The lowest BCUT2D eigenvalue weighted by Gasteiger charge is -2.32. The molecule has 7 nitrogen and oxygen atoms in total. The second-order valence-corrected chi connectivity index (χ2v) is 8.52. The summed E-state index contributed by atoms with van der Waals surface area (Å²) in [6.45, 7) is 9.34. The number of aryl methyl sites for hydroxylation is 1. The lowest BCUT2D eigenvalue weighted by Crippen LogP contribution is -2.44. The molecule has 0 radical (unpaired) electrons. The lowest BCUT2D eigenvalue weighted by atomic mass is 10.0. The number of pyridine rings is 1. The Kier molecular flexibility index (Phi) is 8.20. The van der Waals surface area contributed by atoms with Gasteiger partial charge in [0.2, 0.25) is 0 Å². The highest BCUT2D eigenvalue weighted by molar-refractivity contribution is 6.02. The van der Waals surface area contributed by atoms with Gasteiger partial charge in [-0.15, -0.1) is 0 Å². The zero-order valence-corrected chi connectivity index (χ0v) is 19.5. The van der Waals surface area contributed by atoms with Crippen LogP contribution in [-0.2, 0) is 16.1 Å². The highest BCUT2D eigenvalue weighted by Crippen LogP contribution is 2.23. The van der Waals surface area contributed by atoms with Crippen molar-refractivity contribution in [3.8, 4) is 6.07 Å². The third kappa shape index (κ3) is 5.84. The molecule has 0 spiro atoms. The van der Waals surface area contributed by atoms with Crippen LogP contribution in [0, 0.1) is 25.2 Å². The van der Waals surface area contributed by atoms with Crippen LogP contribution in [0.1, 0.15) is 48.5 Å². The number of likely N-dealkylation sites (tertiary alicyclic amines) is 1. The van der Waals surface area contributed by atoms with E-state index in [0.717, 1.165) is 55.1 Å². The fourth-order valence-electron chi connectivity index (χ4n) is 4.47. The van der Waals surface area contributed by atoms with Gasteiger partial charge >= 0.3 is 0 Å². The van der Waals surface area contributed by atoms with Gasteiger partial charge in [0.05, 0.1) is 18.3 Å². The highest BCUT2D eigenvalue weighted by atomic mass is 16.5. The molecular weight excluding hydrogens is 402 g/mol. The van der Waals surface area contributed by atoms with Gasteiger partial charge in [0.25, 0.3) is 5.91 Å². The van der Waals surface area contributed by atoms with Gasteiger partial charge in [0.1, 0.15) is 11.6 Å². The molecule has 0 aliphatic carbocycles. The van der Waals surface area contributed by atoms with Crippen LogP contribution in [0.25, 0.3) is 6.08 Å². The van der Waals surface area contributed by atoms with Crippen molar-refractivity contribution < 1.29 is 9.53 Å². The molecule has 1 atom stereocenters. The van der Waals surface area contributed by atoms with Gasteiger partial charge in [-0.2, -0.15) is 5.26 Å². The molecule has 1 aliphatic rings. The number of aromatic nitrogens is 2.